The van der Waals surface area contributed by atoms with Crippen LogP contribution in [0.5, 0.6) is 0 Å². The first-order valence-electron chi connectivity index (χ1n) is 9.79. The summed E-state index contributed by atoms with van der Waals surface area (Å²) in [6.45, 7) is 3.55. The van der Waals surface area contributed by atoms with Gasteiger partial charge in [0.2, 0.25) is 0 Å². The van der Waals surface area contributed by atoms with Crippen LogP contribution in [0.2, 0.25) is 0 Å². The number of H-pyrrole nitrogens is 1. The largest absolute Gasteiger partial charge is 0.336 e. The van der Waals surface area contributed by atoms with Crippen LogP contribution in [0.15, 0.2) is 35.1 Å². The molecule has 1 aliphatic carbocycles. The highest BCUT2D eigenvalue weighted by Gasteiger charge is 2.24. The Morgan fingerprint density at radius 1 is 1.11 bits per heavy atom. The van der Waals surface area contributed by atoms with Crippen LogP contribution in [0.4, 0.5) is 0 Å². The molecule has 1 aromatic carbocycles. The third-order valence-electron chi connectivity index (χ3n) is 5.68. The molecular formula is C21H22N4O2S. The smallest absolute Gasteiger partial charge is 0.259 e. The maximum Gasteiger partial charge on any atom is 0.259 e. The zero-order valence-electron chi connectivity index (χ0n) is 15.6. The van der Waals surface area contributed by atoms with Crippen LogP contribution in [0, 0.1) is 0 Å². The number of piperazine rings is 1. The fourth-order valence-corrected chi connectivity index (χ4v) is 5.49. The predicted molar refractivity (Wildman–Crippen MR) is 110 cm³/mol. The molecule has 144 valence electrons. The maximum atomic E-state index is 12.6. The van der Waals surface area contributed by atoms with Gasteiger partial charge in [-0.15, -0.1) is 11.3 Å². The molecule has 3 heterocycles. The van der Waals surface area contributed by atoms with Gasteiger partial charge in [0.05, 0.1) is 11.9 Å². The summed E-state index contributed by atoms with van der Waals surface area (Å²) in [6, 6.07) is 9.42. The molecule has 28 heavy (non-hydrogen) atoms. The molecule has 1 aliphatic heterocycles. The van der Waals surface area contributed by atoms with E-state index in [9.17, 15) is 9.59 Å². The second-order valence-corrected chi connectivity index (χ2v) is 8.57. The van der Waals surface area contributed by atoms with Gasteiger partial charge in [0.25, 0.3) is 11.5 Å². The molecular weight excluding hydrogens is 372 g/mol. The van der Waals surface area contributed by atoms with Crippen molar-refractivity contribution in [2.45, 2.75) is 25.8 Å². The lowest BCUT2D eigenvalue weighted by atomic mass is 10.2. The Kier molecular flexibility index (Phi) is 4.49. The Balaban J connectivity index is 1.27. The molecule has 1 N–H and O–H groups in total. The highest BCUT2D eigenvalue weighted by atomic mass is 32.1. The number of amides is 1. The van der Waals surface area contributed by atoms with E-state index in [1.807, 2.05) is 35.2 Å². The summed E-state index contributed by atoms with van der Waals surface area (Å²) in [6.07, 6.45) is 3.21. The van der Waals surface area contributed by atoms with E-state index in [2.05, 4.69) is 9.88 Å². The molecule has 1 fully saturated rings. The molecule has 2 aliphatic rings. The molecule has 7 heteroatoms. The average Bonchev–Trinajstić information content (AvgIpc) is 3.29. The Labute approximate surface area is 166 Å². The number of carbonyl (C=O) groups excluding carboxylic acids is 1. The van der Waals surface area contributed by atoms with Gasteiger partial charge < -0.3 is 9.88 Å². The standard InChI is InChI=1S/C21H22N4O2S/c26-19-18-15-7-4-8-16(15)28-20(18)23-17(22-19)13-24-9-11-25(12-10-24)21(27)14-5-2-1-3-6-14/h1-3,5-6H,4,7-13H2,(H,22,23,26). The number of fused-ring (bicyclic) bond motifs is 3. The first-order valence-corrected chi connectivity index (χ1v) is 10.6. The number of carbonyl (C=O) groups is 1. The number of thiophene rings is 1. The van der Waals surface area contributed by atoms with Gasteiger partial charge >= 0.3 is 0 Å². The van der Waals surface area contributed by atoms with Crippen LogP contribution in [0.1, 0.15) is 33.0 Å². The van der Waals surface area contributed by atoms with E-state index >= 15 is 0 Å². The lowest BCUT2D eigenvalue weighted by Crippen LogP contribution is -2.48. The summed E-state index contributed by atoms with van der Waals surface area (Å²) >= 11 is 1.68. The third-order valence-corrected chi connectivity index (χ3v) is 6.86. The number of aryl methyl sites for hydroxylation is 2. The van der Waals surface area contributed by atoms with Gasteiger partial charge in [-0.25, -0.2) is 4.98 Å². The van der Waals surface area contributed by atoms with Crippen LogP contribution in [0.25, 0.3) is 10.2 Å². The second-order valence-electron chi connectivity index (χ2n) is 7.48. The fraction of sp³-hybridized carbons (Fsp3) is 0.381. The summed E-state index contributed by atoms with van der Waals surface area (Å²) in [4.78, 5) is 39.3. The first-order chi connectivity index (χ1) is 13.7. The van der Waals surface area contributed by atoms with E-state index in [0.717, 1.165) is 54.0 Å². The molecule has 0 saturated carbocycles. The number of hydrogen-bond acceptors (Lipinski definition) is 5. The summed E-state index contributed by atoms with van der Waals surface area (Å²) in [5.74, 6) is 0.807. The summed E-state index contributed by atoms with van der Waals surface area (Å²) in [7, 11) is 0. The quantitative estimate of drug-likeness (QED) is 0.741. The monoisotopic (exact) mass is 394 g/mol. The molecule has 5 rings (SSSR count). The van der Waals surface area contributed by atoms with Crippen molar-refractivity contribution in [2.75, 3.05) is 26.2 Å². The average molecular weight is 395 g/mol. The minimum atomic E-state index is -0.00251. The zero-order chi connectivity index (χ0) is 19.1. The SMILES string of the molecule is O=C(c1ccccc1)N1CCN(Cc2nc3sc4c(c3c(=O)[nH]2)CCC4)CC1. The molecule has 0 unspecified atom stereocenters. The predicted octanol–water partition coefficient (Wildman–Crippen LogP) is 2.43. The highest BCUT2D eigenvalue weighted by Crippen LogP contribution is 2.34. The summed E-state index contributed by atoms with van der Waals surface area (Å²) in [5.41, 5.74) is 1.95. The van der Waals surface area contributed by atoms with Crippen LogP contribution in [0.3, 0.4) is 0 Å². The Morgan fingerprint density at radius 2 is 1.89 bits per heavy atom. The van der Waals surface area contributed by atoms with Crippen molar-refractivity contribution in [3.8, 4) is 0 Å². The van der Waals surface area contributed by atoms with Crippen LogP contribution >= 0.6 is 11.3 Å². The normalized spacial score (nSPS) is 17.2. The van der Waals surface area contributed by atoms with E-state index in [4.69, 9.17) is 4.98 Å². The van der Waals surface area contributed by atoms with Gasteiger partial charge in [-0.05, 0) is 37.0 Å². The van der Waals surface area contributed by atoms with Crippen molar-refractivity contribution < 1.29 is 4.79 Å². The van der Waals surface area contributed by atoms with E-state index in [-0.39, 0.29) is 11.5 Å². The molecule has 0 atom stereocenters. The van der Waals surface area contributed by atoms with Crippen molar-refractivity contribution in [2.24, 2.45) is 0 Å². The number of nitrogens with one attached hydrogen (secondary N) is 1. The molecule has 0 radical (unpaired) electrons. The third kappa shape index (κ3) is 3.14. The molecule has 0 spiro atoms. The number of hydrogen-bond donors (Lipinski definition) is 1. The van der Waals surface area contributed by atoms with Gasteiger partial charge in [0.1, 0.15) is 10.7 Å². The van der Waals surface area contributed by atoms with Crippen molar-refractivity contribution >= 4 is 27.5 Å². The maximum absolute atomic E-state index is 12.6. The molecule has 6 nitrogen and oxygen atoms in total. The van der Waals surface area contributed by atoms with Crippen LogP contribution in [-0.2, 0) is 19.4 Å². The van der Waals surface area contributed by atoms with Gasteiger partial charge in [0.15, 0.2) is 0 Å². The molecule has 1 saturated heterocycles. The summed E-state index contributed by atoms with van der Waals surface area (Å²) < 4.78 is 0. The molecule has 2 aromatic heterocycles. The van der Waals surface area contributed by atoms with Crippen molar-refractivity contribution in [1.29, 1.82) is 0 Å². The van der Waals surface area contributed by atoms with Crippen LogP contribution in [-0.4, -0.2) is 51.9 Å². The highest BCUT2D eigenvalue weighted by molar-refractivity contribution is 7.18. The van der Waals surface area contributed by atoms with Gasteiger partial charge in [-0.2, -0.15) is 0 Å². The minimum Gasteiger partial charge on any atom is -0.336 e. The number of nitrogens with zero attached hydrogens (tertiary/aromatic N) is 3. The number of aromatic amines is 1. The number of rotatable bonds is 3. The van der Waals surface area contributed by atoms with Crippen molar-refractivity contribution in [3.63, 3.8) is 0 Å². The second kappa shape index (κ2) is 7.14. The van der Waals surface area contributed by atoms with E-state index in [1.165, 1.54) is 10.4 Å². The molecule has 1 amide bonds. The molecule has 0 bridgehead atoms. The fourth-order valence-electron chi connectivity index (χ4n) is 4.21. The summed E-state index contributed by atoms with van der Waals surface area (Å²) in [5, 5.41) is 0.805. The lowest BCUT2D eigenvalue weighted by Gasteiger charge is -2.34. The number of aromatic nitrogens is 2. The van der Waals surface area contributed by atoms with Crippen molar-refractivity contribution in [3.05, 3.63) is 62.5 Å². The van der Waals surface area contributed by atoms with Gasteiger partial charge in [0, 0.05) is 36.6 Å². The topological polar surface area (TPSA) is 69.3 Å². The minimum absolute atomic E-state index is 0.00251. The van der Waals surface area contributed by atoms with E-state index < -0.39 is 0 Å². The Hall–Kier alpha value is -2.51. The Morgan fingerprint density at radius 3 is 2.68 bits per heavy atom. The lowest BCUT2D eigenvalue weighted by molar-refractivity contribution is 0.0625. The van der Waals surface area contributed by atoms with Crippen molar-refractivity contribution in [1.82, 2.24) is 19.8 Å². The molecule has 3 aromatic rings. The Bertz CT molecular complexity index is 1080. The number of benzene rings is 1. The van der Waals surface area contributed by atoms with Gasteiger partial charge in [-0.1, -0.05) is 18.2 Å². The first kappa shape index (κ1) is 17.6. The van der Waals surface area contributed by atoms with E-state index in [0.29, 0.717) is 19.6 Å². The van der Waals surface area contributed by atoms with Gasteiger partial charge in [-0.3, -0.25) is 14.5 Å². The van der Waals surface area contributed by atoms with Crippen LogP contribution < -0.4 is 5.56 Å². The zero-order valence-corrected chi connectivity index (χ0v) is 16.4. The van der Waals surface area contributed by atoms with E-state index in [1.54, 1.807) is 11.3 Å².